The van der Waals surface area contributed by atoms with E-state index in [1.807, 2.05) is 24.3 Å². The van der Waals surface area contributed by atoms with Crippen LogP contribution in [0.4, 0.5) is 0 Å². The molecule has 2 heterocycles. The molecule has 0 bridgehead atoms. The Morgan fingerprint density at radius 2 is 1.89 bits per heavy atom. The van der Waals surface area contributed by atoms with Gasteiger partial charge in [0.2, 0.25) is 5.88 Å². The van der Waals surface area contributed by atoms with Crippen molar-refractivity contribution in [1.29, 1.82) is 0 Å². The van der Waals surface area contributed by atoms with E-state index in [2.05, 4.69) is 15.3 Å². The average molecular weight is 365 g/mol. The predicted molar refractivity (Wildman–Crippen MR) is 99.5 cm³/mol. The Labute approximate surface area is 156 Å². The highest BCUT2D eigenvalue weighted by Crippen LogP contribution is 2.14. The molecule has 1 N–H and O–H groups in total. The number of nitrogens with one attached hydrogen (secondary N) is 1. The molecule has 7 heteroatoms. The number of hydrogen-bond donors (Lipinski definition) is 1. The van der Waals surface area contributed by atoms with Crippen molar-refractivity contribution in [3.05, 3.63) is 66.0 Å². The Hall–Kier alpha value is -3.48. The number of ether oxygens (including phenoxy) is 2. The van der Waals surface area contributed by atoms with Crippen LogP contribution in [0.15, 0.2) is 54.9 Å². The van der Waals surface area contributed by atoms with Crippen LogP contribution in [-0.4, -0.2) is 42.1 Å². The predicted octanol–water partition coefficient (Wildman–Crippen LogP) is 2.15. The molecule has 0 unspecified atom stereocenters. The number of aromatic nitrogens is 2. The van der Waals surface area contributed by atoms with E-state index in [4.69, 9.17) is 9.47 Å². The maximum Gasteiger partial charge on any atom is 0.328 e. The molecule has 7 nitrogen and oxygen atoms in total. The van der Waals surface area contributed by atoms with Gasteiger partial charge in [-0.3, -0.25) is 9.78 Å². The van der Waals surface area contributed by atoms with Gasteiger partial charge < -0.3 is 14.8 Å². The molecule has 138 valence electrons. The molecule has 0 aliphatic heterocycles. The first-order valence-corrected chi connectivity index (χ1v) is 8.33. The van der Waals surface area contributed by atoms with Crippen molar-refractivity contribution in [2.75, 3.05) is 14.2 Å². The van der Waals surface area contributed by atoms with Crippen molar-refractivity contribution < 1.29 is 19.1 Å². The van der Waals surface area contributed by atoms with E-state index in [1.54, 1.807) is 24.4 Å². The van der Waals surface area contributed by atoms with Gasteiger partial charge in [0.25, 0.3) is 5.91 Å². The number of methoxy groups -OCH3 is 2. The number of amides is 1. The van der Waals surface area contributed by atoms with Crippen molar-refractivity contribution in [2.24, 2.45) is 0 Å². The maximum absolute atomic E-state index is 12.6. The molecule has 0 saturated heterocycles. The third kappa shape index (κ3) is 4.38. The first kappa shape index (κ1) is 18.3. The summed E-state index contributed by atoms with van der Waals surface area (Å²) in [7, 11) is 2.81. The number of hydrogen-bond acceptors (Lipinski definition) is 6. The topological polar surface area (TPSA) is 90.4 Å². The van der Waals surface area contributed by atoms with Crippen LogP contribution < -0.4 is 10.1 Å². The largest absolute Gasteiger partial charge is 0.481 e. The molecule has 0 fully saturated rings. The monoisotopic (exact) mass is 365 g/mol. The average Bonchev–Trinajstić information content (AvgIpc) is 2.72. The van der Waals surface area contributed by atoms with Gasteiger partial charge in [0.05, 0.1) is 25.3 Å². The molecule has 1 atom stereocenters. The summed E-state index contributed by atoms with van der Waals surface area (Å²) in [5.74, 6) is -0.460. The fraction of sp³-hybridized carbons (Fsp3) is 0.200. The van der Waals surface area contributed by atoms with Gasteiger partial charge >= 0.3 is 5.97 Å². The lowest BCUT2D eigenvalue weighted by molar-refractivity contribution is -0.142. The first-order chi connectivity index (χ1) is 13.1. The number of fused-ring (bicyclic) bond motifs is 1. The number of carbonyl (C=O) groups excluding carboxylic acids is 2. The van der Waals surface area contributed by atoms with Gasteiger partial charge in [-0.1, -0.05) is 24.3 Å². The number of rotatable bonds is 6. The Bertz CT molecular complexity index is 957. The highest BCUT2D eigenvalue weighted by atomic mass is 16.5. The van der Waals surface area contributed by atoms with Crippen LogP contribution in [0.2, 0.25) is 0 Å². The van der Waals surface area contributed by atoms with Crippen LogP contribution in [-0.2, 0) is 16.0 Å². The van der Waals surface area contributed by atoms with Crippen LogP contribution in [0.25, 0.3) is 10.9 Å². The van der Waals surface area contributed by atoms with Crippen molar-refractivity contribution in [3.8, 4) is 5.88 Å². The number of para-hydroxylation sites is 1. The van der Waals surface area contributed by atoms with E-state index < -0.39 is 17.9 Å². The lowest BCUT2D eigenvalue weighted by atomic mass is 10.1. The van der Waals surface area contributed by atoms with E-state index in [1.165, 1.54) is 20.4 Å². The number of benzene rings is 1. The van der Waals surface area contributed by atoms with Crippen molar-refractivity contribution >= 4 is 22.8 Å². The van der Waals surface area contributed by atoms with Gasteiger partial charge in [-0.2, -0.15) is 0 Å². The third-order valence-corrected chi connectivity index (χ3v) is 4.09. The fourth-order valence-corrected chi connectivity index (χ4v) is 2.66. The number of carbonyl (C=O) groups is 2. The summed E-state index contributed by atoms with van der Waals surface area (Å²) in [5.41, 5.74) is 1.93. The minimum absolute atomic E-state index is 0.246. The van der Waals surface area contributed by atoms with Gasteiger partial charge in [0.1, 0.15) is 6.04 Å². The SMILES string of the molecule is COC(=O)[C@H](Cc1ccc(OC)nc1)NC(=O)c1cnc2ccccc2c1. The quantitative estimate of drug-likeness (QED) is 0.673. The van der Waals surface area contributed by atoms with E-state index in [-0.39, 0.29) is 6.42 Å². The van der Waals surface area contributed by atoms with Gasteiger partial charge in [0.15, 0.2) is 0 Å². The lowest BCUT2D eigenvalue weighted by Crippen LogP contribution is -2.43. The van der Waals surface area contributed by atoms with Gasteiger partial charge in [-0.05, 0) is 17.7 Å². The van der Waals surface area contributed by atoms with Crippen molar-refractivity contribution in [1.82, 2.24) is 15.3 Å². The fourth-order valence-electron chi connectivity index (χ4n) is 2.66. The highest BCUT2D eigenvalue weighted by molar-refractivity contribution is 5.99. The molecule has 3 rings (SSSR count). The molecular formula is C20H19N3O4. The normalized spacial score (nSPS) is 11.6. The van der Waals surface area contributed by atoms with E-state index in [0.717, 1.165) is 16.5 Å². The second-order valence-corrected chi connectivity index (χ2v) is 5.88. The van der Waals surface area contributed by atoms with Crippen LogP contribution in [0, 0.1) is 0 Å². The lowest BCUT2D eigenvalue weighted by Gasteiger charge is -2.16. The Balaban J connectivity index is 1.77. The standard InChI is InChI=1S/C20H19N3O4/c1-26-18-8-7-13(11-22-18)9-17(20(25)27-2)23-19(24)15-10-14-5-3-4-6-16(14)21-12-15/h3-8,10-12,17H,9H2,1-2H3,(H,23,24)/t17-/m0/s1. The van der Waals surface area contributed by atoms with Crippen LogP contribution >= 0.6 is 0 Å². The second-order valence-electron chi connectivity index (χ2n) is 5.88. The Morgan fingerprint density at radius 1 is 1.07 bits per heavy atom. The highest BCUT2D eigenvalue weighted by Gasteiger charge is 2.23. The minimum atomic E-state index is -0.843. The summed E-state index contributed by atoms with van der Waals surface area (Å²) in [4.78, 5) is 33.1. The molecule has 0 aliphatic rings. The zero-order valence-corrected chi connectivity index (χ0v) is 15.0. The molecule has 27 heavy (non-hydrogen) atoms. The molecule has 0 spiro atoms. The zero-order chi connectivity index (χ0) is 19.2. The van der Waals surface area contributed by atoms with E-state index >= 15 is 0 Å². The summed E-state index contributed by atoms with van der Waals surface area (Å²) < 4.78 is 9.84. The summed E-state index contributed by atoms with van der Waals surface area (Å²) in [6.45, 7) is 0. The second kappa shape index (κ2) is 8.27. The molecule has 0 aliphatic carbocycles. The zero-order valence-electron chi connectivity index (χ0n) is 15.0. The molecule has 1 aromatic carbocycles. The van der Waals surface area contributed by atoms with Crippen molar-refractivity contribution in [3.63, 3.8) is 0 Å². The summed E-state index contributed by atoms with van der Waals surface area (Å²) in [6, 6.07) is 11.9. The smallest absolute Gasteiger partial charge is 0.328 e. The van der Waals surface area contributed by atoms with Gasteiger partial charge in [0, 0.05) is 30.3 Å². The number of pyridine rings is 2. The van der Waals surface area contributed by atoms with Crippen molar-refractivity contribution in [2.45, 2.75) is 12.5 Å². The minimum Gasteiger partial charge on any atom is -0.481 e. The van der Waals surface area contributed by atoms with E-state index in [0.29, 0.717) is 11.4 Å². The van der Waals surface area contributed by atoms with Crippen LogP contribution in [0.1, 0.15) is 15.9 Å². The molecule has 0 saturated carbocycles. The van der Waals surface area contributed by atoms with Gasteiger partial charge in [-0.15, -0.1) is 0 Å². The molecule has 0 radical (unpaired) electrons. The number of nitrogens with zero attached hydrogens (tertiary/aromatic N) is 2. The van der Waals surface area contributed by atoms with Crippen LogP contribution in [0.5, 0.6) is 5.88 Å². The number of esters is 1. The molecular weight excluding hydrogens is 346 g/mol. The third-order valence-electron chi connectivity index (χ3n) is 4.09. The Morgan fingerprint density at radius 3 is 2.59 bits per heavy atom. The first-order valence-electron chi connectivity index (χ1n) is 8.33. The molecule has 3 aromatic rings. The summed E-state index contributed by atoms with van der Waals surface area (Å²) >= 11 is 0. The molecule has 1 amide bonds. The van der Waals surface area contributed by atoms with Crippen LogP contribution in [0.3, 0.4) is 0 Å². The molecule has 2 aromatic heterocycles. The van der Waals surface area contributed by atoms with Gasteiger partial charge in [-0.25, -0.2) is 9.78 Å². The summed E-state index contributed by atoms with van der Waals surface area (Å²) in [5, 5.41) is 3.56. The van der Waals surface area contributed by atoms with E-state index in [9.17, 15) is 9.59 Å². The Kier molecular flexibility index (Phi) is 5.61. The summed E-state index contributed by atoms with van der Waals surface area (Å²) in [6.07, 6.45) is 3.33. The maximum atomic E-state index is 12.6.